The van der Waals surface area contributed by atoms with Gasteiger partial charge in [-0.1, -0.05) is 0 Å². The topological polar surface area (TPSA) is 61.4 Å². The lowest BCUT2D eigenvalue weighted by Gasteiger charge is -2.27. The number of rotatable bonds is 2. The first-order valence-electron chi connectivity index (χ1n) is 5.53. The van der Waals surface area contributed by atoms with Gasteiger partial charge in [-0.25, -0.2) is 0 Å². The Morgan fingerprint density at radius 2 is 2.33 bits per heavy atom. The Bertz CT molecular complexity index is 261. The fraction of sp³-hybridized carbons (Fsp3) is 0.800. The molecule has 2 aliphatic rings. The molecule has 0 aliphatic carbocycles. The molecule has 2 saturated heterocycles. The fourth-order valence-corrected chi connectivity index (χ4v) is 2.12. The SMILES string of the molecule is O=C1CN(C(=O)CC2CCCN2)CCN1. The van der Waals surface area contributed by atoms with E-state index in [9.17, 15) is 9.59 Å². The number of nitrogens with one attached hydrogen (secondary N) is 2. The lowest BCUT2D eigenvalue weighted by atomic mass is 10.1. The molecule has 0 aromatic carbocycles. The van der Waals surface area contributed by atoms with Crippen LogP contribution in [0.2, 0.25) is 0 Å². The van der Waals surface area contributed by atoms with E-state index in [0.717, 1.165) is 19.4 Å². The van der Waals surface area contributed by atoms with E-state index in [1.807, 2.05) is 0 Å². The van der Waals surface area contributed by atoms with Crippen molar-refractivity contribution in [1.82, 2.24) is 15.5 Å². The molecule has 5 nitrogen and oxygen atoms in total. The number of nitrogens with zero attached hydrogens (tertiary/aromatic N) is 1. The summed E-state index contributed by atoms with van der Waals surface area (Å²) >= 11 is 0. The normalized spacial score (nSPS) is 26.5. The third-order valence-electron chi connectivity index (χ3n) is 2.97. The average molecular weight is 211 g/mol. The highest BCUT2D eigenvalue weighted by molar-refractivity contribution is 5.86. The number of hydrogen-bond acceptors (Lipinski definition) is 3. The van der Waals surface area contributed by atoms with Crippen molar-refractivity contribution in [3.63, 3.8) is 0 Å². The van der Waals surface area contributed by atoms with E-state index in [2.05, 4.69) is 10.6 Å². The van der Waals surface area contributed by atoms with Crippen molar-refractivity contribution in [2.75, 3.05) is 26.2 Å². The van der Waals surface area contributed by atoms with Crippen molar-refractivity contribution < 1.29 is 9.59 Å². The second kappa shape index (κ2) is 4.61. The van der Waals surface area contributed by atoms with Gasteiger partial charge in [0.2, 0.25) is 11.8 Å². The lowest BCUT2D eigenvalue weighted by molar-refractivity contribution is -0.138. The maximum atomic E-state index is 11.8. The van der Waals surface area contributed by atoms with Gasteiger partial charge in [-0.2, -0.15) is 0 Å². The molecule has 1 atom stereocenters. The molecular formula is C10H17N3O2. The number of hydrogen-bond donors (Lipinski definition) is 2. The van der Waals surface area contributed by atoms with Crippen LogP contribution in [0.5, 0.6) is 0 Å². The third kappa shape index (κ3) is 2.68. The molecule has 0 aromatic heterocycles. The monoisotopic (exact) mass is 211 g/mol. The van der Waals surface area contributed by atoms with Crippen molar-refractivity contribution in [3.8, 4) is 0 Å². The molecule has 84 valence electrons. The number of carbonyl (C=O) groups excluding carboxylic acids is 2. The Balaban J connectivity index is 1.81. The quantitative estimate of drug-likeness (QED) is 0.621. The van der Waals surface area contributed by atoms with Gasteiger partial charge in [0.05, 0.1) is 6.54 Å². The highest BCUT2D eigenvalue weighted by Crippen LogP contribution is 2.10. The molecule has 0 bridgehead atoms. The van der Waals surface area contributed by atoms with Crippen LogP contribution in [0, 0.1) is 0 Å². The molecular weight excluding hydrogens is 194 g/mol. The smallest absolute Gasteiger partial charge is 0.239 e. The van der Waals surface area contributed by atoms with Crippen LogP contribution < -0.4 is 10.6 Å². The first kappa shape index (κ1) is 10.4. The van der Waals surface area contributed by atoms with E-state index < -0.39 is 0 Å². The summed E-state index contributed by atoms with van der Waals surface area (Å²) < 4.78 is 0. The molecule has 2 heterocycles. The van der Waals surface area contributed by atoms with E-state index in [4.69, 9.17) is 0 Å². The van der Waals surface area contributed by atoms with Crippen molar-refractivity contribution in [2.45, 2.75) is 25.3 Å². The summed E-state index contributed by atoms with van der Waals surface area (Å²) in [5.74, 6) is 0.0539. The van der Waals surface area contributed by atoms with E-state index in [-0.39, 0.29) is 18.4 Å². The van der Waals surface area contributed by atoms with Gasteiger partial charge in [0.15, 0.2) is 0 Å². The summed E-state index contributed by atoms with van der Waals surface area (Å²) in [6.07, 6.45) is 2.76. The van der Waals surface area contributed by atoms with Gasteiger partial charge in [0.25, 0.3) is 0 Å². The first-order valence-corrected chi connectivity index (χ1v) is 5.53. The van der Waals surface area contributed by atoms with E-state index in [1.165, 1.54) is 0 Å². The molecule has 2 aliphatic heterocycles. The molecule has 2 fully saturated rings. The Labute approximate surface area is 89.2 Å². The van der Waals surface area contributed by atoms with Gasteiger partial charge in [-0.05, 0) is 19.4 Å². The number of carbonyl (C=O) groups is 2. The summed E-state index contributed by atoms with van der Waals surface area (Å²) in [6.45, 7) is 2.48. The summed E-state index contributed by atoms with van der Waals surface area (Å²) in [7, 11) is 0. The van der Waals surface area contributed by atoms with Crippen LogP contribution in [0.4, 0.5) is 0 Å². The van der Waals surface area contributed by atoms with Gasteiger partial charge in [0.1, 0.15) is 0 Å². The van der Waals surface area contributed by atoms with Crippen molar-refractivity contribution in [3.05, 3.63) is 0 Å². The van der Waals surface area contributed by atoms with Crippen molar-refractivity contribution >= 4 is 11.8 Å². The molecule has 2 amide bonds. The maximum absolute atomic E-state index is 11.8. The highest BCUT2D eigenvalue weighted by atomic mass is 16.2. The van der Waals surface area contributed by atoms with Crippen LogP contribution in [-0.2, 0) is 9.59 Å². The summed E-state index contributed by atoms with van der Waals surface area (Å²) in [5, 5.41) is 6.00. The third-order valence-corrected chi connectivity index (χ3v) is 2.97. The zero-order chi connectivity index (χ0) is 10.7. The predicted octanol–water partition coefficient (Wildman–Crippen LogP) is -0.913. The minimum atomic E-state index is -0.0472. The lowest BCUT2D eigenvalue weighted by Crippen LogP contribution is -2.50. The minimum Gasteiger partial charge on any atom is -0.353 e. The number of piperazine rings is 1. The molecule has 5 heteroatoms. The second-order valence-corrected chi connectivity index (χ2v) is 4.16. The maximum Gasteiger partial charge on any atom is 0.239 e. The standard InChI is InChI=1S/C10H17N3O2/c14-9-7-13(5-4-12-9)10(15)6-8-2-1-3-11-8/h8,11H,1-7H2,(H,12,14). The summed E-state index contributed by atoms with van der Waals surface area (Å²) in [5.41, 5.74) is 0. The van der Waals surface area contributed by atoms with E-state index in [0.29, 0.717) is 25.6 Å². The summed E-state index contributed by atoms with van der Waals surface area (Å²) in [4.78, 5) is 24.6. The van der Waals surface area contributed by atoms with Crippen LogP contribution >= 0.6 is 0 Å². The predicted molar refractivity (Wildman–Crippen MR) is 55.2 cm³/mol. The molecule has 0 saturated carbocycles. The minimum absolute atomic E-state index is 0.0472. The number of amides is 2. The van der Waals surface area contributed by atoms with Gasteiger partial charge in [0, 0.05) is 25.6 Å². The van der Waals surface area contributed by atoms with Crippen LogP contribution in [0.15, 0.2) is 0 Å². The van der Waals surface area contributed by atoms with Gasteiger partial charge < -0.3 is 15.5 Å². The molecule has 0 spiro atoms. The molecule has 2 N–H and O–H groups in total. The van der Waals surface area contributed by atoms with Crippen LogP contribution in [0.1, 0.15) is 19.3 Å². The Hall–Kier alpha value is -1.10. The zero-order valence-corrected chi connectivity index (χ0v) is 8.79. The Morgan fingerprint density at radius 1 is 1.47 bits per heavy atom. The van der Waals surface area contributed by atoms with E-state index >= 15 is 0 Å². The van der Waals surface area contributed by atoms with Gasteiger partial charge in [-0.15, -0.1) is 0 Å². The average Bonchev–Trinajstić information content (AvgIpc) is 2.70. The van der Waals surface area contributed by atoms with E-state index in [1.54, 1.807) is 4.90 Å². The fourth-order valence-electron chi connectivity index (χ4n) is 2.12. The Kier molecular flexibility index (Phi) is 3.20. The van der Waals surface area contributed by atoms with Crippen molar-refractivity contribution in [2.24, 2.45) is 0 Å². The largest absolute Gasteiger partial charge is 0.353 e. The molecule has 1 unspecified atom stereocenters. The highest BCUT2D eigenvalue weighted by Gasteiger charge is 2.24. The molecule has 15 heavy (non-hydrogen) atoms. The molecule has 0 radical (unpaired) electrons. The molecule has 0 aromatic rings. The first-order chi connectivity index (χ1) is 7.25. The van der Waals surface area contributed by atoms with Crippen molar-refractivity contribution in [1.29, 1.82) is 0 Å². The summed E-state index contributed by atoms with van der Waals surface area (Å²) in [6, 6.07) is 0.322. The van der Waals surface area contributed by atoms with Crippen LogP contribution in [0.3, 0.4) is 0 Å². The second-order valence-electron chi connectivity index (χ2n) is 4.16. The molecule has 2 rings (SSSR count). The zero-order valence-electron chi connectivity index (χ0n) is 8.79. The Morgan fingerprint density at radius 3 is 3.00 bits per heavy atom. The van der Waals surface area contributed by atoms with Crippen LogP contribution in [0.25, 0.3) is 0 Å². The van der Waals surface area contributed by atoms with Gasteiger partial charge in [-0.3, -0.25) is 9.59 Å². The van der Waals surface area contributed by atoms with Gasteiger partial charge >= 0.3 is 0 Å². The van der Waals surface area contributed by atoms with Crippen LogP contribution in [-0.4, -0.2) is 48.9 Å².